The Morgan fingerprint density at radius 2 is 2.00 bits per heavy atom. The lowest BCUT2D eigenvalue weighted by atomic mass is 9.94. The third-order valence-electron chi connectivity index (χ3n) is 2.88. The van der Waals surface area contributed by atoms with Gasteiger partial charge in [0, 0.05) is 18.7 Å². The molecular formula is C12H25NO. The van der Waals surface area contributed by atoms with Crippen molar-refractivity contribution in [3.8, 4) is 0 Å². The first kappa shape index (κ1) is 12.0. The predicted molar refractivity (Wildman–Crippen MR) is 60.6 cm³/mol. The molecule has 1 fully saturated rings. The van der Waals surface area contributed by atoms with Gasteiger partial charge in [0.2, 0.25) is 0 Å². The van der Waals surface area contributed by atoms with Crippen molar-refractivity contribution >= 4 is 0 Å². The number of rotatable bonds is 5. The first-order valence-corrected chi connectivity index (χ1v) is 6.13. The molecule has 3 atom stereocenters. The van der Waals surface area contributed by atoms with Crippen molar-refractivity contribution in [1.29, 1.82) is 0 Å². The van der Waals surface area contributed by atoms with Crippen molar-refractivity contribution in [2.24, 2.45) is 0 Å². The lowest BCUT2D eigenvalue weighted by Gasteiger charge is -2.34. The quantitative estimate of drug-likeness (QED) is 0.735. The molecule has 0 aromatic carbocycles. The van der Waals surface area contributed by atoms with Crippen LogP contribution in [0.2, 0.25) is 0 Å². The van der Waals surface area contributed by atoms with E-state index in [4.69, 9.17) is 4.74 Å². The third-order valence-corrected chi connectivity index (χ3v) is 2.88. The number of nitrogens with one attached hydrogen (secondary N) is 1. The molecule has 2 nitrogen and oxygen atoms in total. The van der Waals surface area contributed by atoms with Gasteiger partial charge in [0.25, 0.3) is 0 Å². The molecule has 1 rings (SSSR count). The normalized spacial score (nSPS) is 33.2. The van der Waals surface area contributed by atoms with Gasteiger partial charge >= 0.3 is 0 Å². The van der Waals surface area contributed by atoms with E-state index >= 15 is 0 Å². The minimum absolute atomic E-state index is 0.503. The molecular weight excluding hydrogens is 174 g/mol. The summed E-state index contributed by atoms with van der Waals surface area (Å²) in [6.45, 7) is 7.62. The number of ether oxygens (including phenoxy) is 1. The molecule has 0 aliphatic carbocycles. The molecule has 84 valence electrons. The molecule has 0 saturated carbocycles. The highest BCUT2D eigenvalue weighted by Gasteiger charge is 2.25. The molecule has 1 saturated heterocycles. The van der Waals surface area contributed by atoms with E-state index in [2.05, 4.69) is 26.1 Å². The van der Waals surface area contributed by atoms with Crippen molar-refractivity contribution in [3.63, 3.8) is 0 Å². The summed E-state index contributed by atoms with van der Waals surface area (Å²) in [5.74, 6) is 0. The average Bonchev–Trinajstić information content (AvgIpc) is 2.14. The zero-order chi connectivity index (χ0) is 10.4. The lowest BCUT2D eigenvalue weighted by molar-refractivity contribution is 0.0111. The summed E-state index contributed by atoms with van der Waals surface area (Å²) in [6.07, 6.45) is 6.58. The van der Waals surface area contributed by atoms with Gasteiger partial charge in [0.1, 0.15) is 0 Å². The Bertz CT molecular complexity index is 149. The minimum Gasteiger partial charge on any atom is -0.378 e. The second kappa shape index (κ2) is 6.41. The minimum atomic E-state index is 0.503. The van der Waals surface area contributed by atoms with E-state index in [1.165, 1.54) is 25.7 Å². The zero-order valence-electron chi connectivity index (χ0n) is 9.88. The Hall–Kier alpha value is -0.0800. The van der Waals surface area contributed by atoms with Crippen molar-refractivity contribution in [3.05, 3.63) is 0 Å². The third kappa shape index (κ3) is 3.97. The summed E-state index contributed by atoms with van der Waals surface area (Å²) in [7, 11) is 0. The second-order valence-electron chi connectivity index (χ2n) is 4.52. The summed E-state index contributed by atoms with van der Waals surface area (Å²) >= 11 is 0. The monoisotopic (exact) mass is 199 g/mol. The van der Waals surface area contributed by atoms with Crippen molar-refractivity contribution in [2.45, 2.75) is 71.1 Å². The maximum absolute atomic E-state index is 5.84. The van der Waals surface area contributed by atoms with Gasteiger partial charge in [0.15, 0.2) is 0 Å². The molecule has 1 aliphatic heterocycles. The molecule has 1 N–H and O–H groups in total. The van der Waals surface area contributed by atoms with Gasteiger partial charge in [-0.15, -0.1) is 0 Å². The summed E-state index contributed by atoms with van der Waals surface area (Å²) in [4.78, 5) is 0. The smallest absolute Gasteiger partial charge is 0.0604 e. The van der Waals surface area contributed by atoms with Crippen molar-refractivity contribution in [2.75, 3.05) is 6.61 Å². The highest BCUT2D eigenvalue weighted by Crippen LogP contribution is 2.19. The highest BCUT2D eigenvalue weighted by atomic mass is 16.5. The molecule has 0 radical (unpaired) electrons. The SMILES string of the molecule is CCCOC1CC(C)N[C@@H](CCC)C1. The zero-order valence-corrected chi connectivity index (χ0v) is 9.88. The van der Waals surface area contributed by atoms with Crippen LogP contribution in [0.15, 0.2) is 0 Å². The lowest BCUT2D eigenvalue weighted by Crippen LogP contribution is -2.46. The molecule has 0 aromatic rings. The molecule has 2 unspecified atom stereocenters. The van der Waals surface area contributed by atoms with Crippen LogP contribution in [0, 0.1) is 0 Å². The molecule has 1 aliphatic rings. The van der Waals surface area contributed by atoms with Crippen molar-refractivity contribution < 1.29 is 4.74 Å². The maximum Gasteiger partial charge on any atom is 0.0604 e. The molecule has 0 bridgehead atoms. The van der Waals surface area contributed by atoms with Crippen LogP contribution in [0.3, 0.4) is 0 Å². The van der Waals surface area contributed by atoms with E-state index in [9.17, 15) is 0 Å². The van der Waals surface area contributed by atoms with Gasteiger partial charge in [-0.1, -0.05) is 20.3 Å². The van der Waals surface area contributed by atoms with E-state index in [-0.39, 0.29) is 0 Å². The van der Waals surface area contributed by atoms with E-state index in [1.54, 1.807) is 0 Å². The van der Waals surface area contributed by atoms with Gasteiger partial charge in [0.05, 0.1) is 6.10 Å². The summed E-state index contributed by atoms with van der Waals surface area (Å²) in [5.41, 5.74) is 0. The van der Waals surface area contributed by atoms with E-state index in [0.29, 0.717) is 18.2 Å². The molecule has 1 heterocycles. The first-order chi connectivity index (χ1) is 6.76. The fourth-order valence-corrected chi connectivity index (χ4v) is 2.32. The van der Waals surface area contributed by atoms with Crippen molar-refractivity contribution in [1.82, 2.24) is 5.32 Å². The topological polar surface area (TPSA) is 21.3 Å². The Labute approximate surface area is 88.4 Å². The van der Waals surface area contributed by atoms with Gasteiger partial charge in [-0.2, -0.15) is 0 Å². The largest absolute Gasteiger partial charge is 0.378 e. The van der Waals surface area contributed by atoms with Gasteiger partial charge in [-0.25, -0.2) is 0 Å². The van der Waals surface area contributed by atoms with Crippen LogP contribution in [-0.2, 0) is 4.74 Å². The summed E-state index contributed by atoms with van der Waals surface area (Å²) in [6, 6.07) is 1.31. The molecule has 2 heteroatoms. The van der Waals surface area contributed by atoms with Gasteiger partial charge in [-0.3, -0.25) is 0 Å². The number of hydrogen-bond donors (Lipinski definition) is 1. The van der Waals surface area contributed by atoms with E-state index < -0.39 is 0 Å². The molecule has 14 heavy (non-hydrogen) atoms. The first-order valence-electron chi connectivity index (χ1n) is 6.13. The average molecular weight is 199 g/mol. The molecule has 0 spiro atoms. The predicted octanol–water partition coefficient (Wildman–Crippen LogP) is 2.72. The Morgan fingerprint density at radius 1 is 1.21 bits per heavy atom. The van der Waals surface area contributed by atoms with E-state index in [0.717, 1.165) is 13.0 Å². The summed E-state index contributed by atoms with van der Waals surface area (Å²) in [5, 5.41) is 3.64. The van der Waals surface area contributed by atoms with Crippen LogP contribution >= 0.6 is 0 Å². The Balaban J connectivity index is 2.29. The van der Waals surface area contributed by atoms with E-state index in [1.807, 2.05) is 0 Å². The van der Waals surface area contributed by atoms with Crippen LogP contribution in [-0.4, -0.2) is 24.8 Å². The van der Waals surface area contributed by atoms with Crippen LogP contribution < -0.4 is 5.32 Å². The van der Waals surface area contributed by atoms with Gasteiger partial charge in [-0.05, 0) is 32.6 Å². The van der Waals surface area contributed by atoms with Crippen LogP contribution in [0.25, 0.3) is 0 Å². The summed E-state index contributed by atoms with van der Waals surface area (Å²) < 4.78 is 5.84. The fraction of sp³-hybridized carbons (Fsp3) is 1.00. The maximum atomic E-state index is 5.84. The highest BCUT2D eigenvalue weighted by molar-refractivity contribution is 4.83. The molecule has 0 amide bonds. The Kier molecular flexibility index (Phi) is 5.49. The second-order valence-corrected chi connectivity index (χ2v) is 4.52. The van der Waals surface area contributed by atoms with Crippen LogP contribution in [0.5, 0.6) is 0 Å². The van der Waals surface area contributed by atoms with Gasteiger partial charge < -0.3 is 10.1 Å². The molecule has 0 aromatic heterocycles. The van der Waals surface area contributed by atoms with Crippen LogP contribution in [0.4, 0.5) is 0 Å². The number of hydrogen-bond acceptors (Lipinski definition) is 2. The standard InChI is InChI=1S/C12H25NO/c1-4-6-11-9-12(14-7-5-2)8-10(3)13-11/h10-13H,4-9H2,1-3H3/t10?,11-,12?/m0/s1. The number of piperidine rings is 1. The Morgan fingerprint density at radius 3 is 2.64 bits per heavy atom. The fourth-order valence-electron chi connectivity index (χ4n) is 2.32. The van der Waals surface area contributed by atoms with Crippen LogP contribution in [0.1, 0.15) is 52.9 Å².